The van der Waals surface area contributed by atoms with Crippen LogP contribution in [0.1, 0.15) is 43.5 Å². The first-order chi connectivity index (χ1) is 9.09. The topological polar surface area (TPSA) is 45.5 Å². The van der Waals surface area contributed by atoms with E-state index in [4.69, 9.17) is 4.42 Å². The van der Waals surface area contributed by atoms with Gasteiger partial charge in [-0.2, -0.15) is 0 Å². The van der Waals surface area contributed by atoms with Crippen molar-refractivity contribution in [1.29, 1.82) is 0 Å². The Morgan fingerprint density at radius 1 is 1.58 bits per heavy atom. The fourth-order valence-corrected chi connectivity index (χ4v) is 2.86. The standard InChI is InChI=1S/C14H21BrN2O2/c1-10(2)17(9-11-5-3-4-7-16-11)14(18)12-6-8-19-13(12)15/h6,8,10-11,16H,3-5,7,9H2,1-2H3. The average Bonchev–Trinajstić information content (AvgIpc) is 2.82. The van der Waals surface area contributed by atoms with Gasteiger partial charge in [-0.25, -0.2) is 0 Å². The minimum atomic E-state index is 0.0306. The van der Waals surface area contributed by atoms with E-state index >= 15 is 0 Å². The van der Waals surface area contributed by atoms with Crippen LogP contribution in [0, 0.1) is 0 Å². The van der Waals surface area contributed by atoms with E-state index in [9.17, 15) is 4.79 Å². The molecule has 5 heteroatoms. The second-order valence-electron chi connectivity index (χ2n) is 5.31. The third kappa shape index (κ3) is 3.60. The summed E-state index contributed by atoms with van der Waals surface area (Å²) >= 11 is 3.28. The van der Waals surface area contributed by atoms with Crippen molar-refractivity contribution in [1.82, 2.24) is 10.2 Å². The van der Waals surface area contributed by atoms with Gasteiger partial charge in [-0.1, -0.05) is 6.42 Å². The van der Waals surface area contributed by atoms with Crippen LogP contribution in [-0.2, 0) is 0 Å². The van der Waals surface area contributed by atoms with Crippen molar-refractivity contribution in [3.63, 3.8) is 0 Å². The van der Waals surface area contributed by atoms with Crippen molar-refractivity contribution in [3.8, 4) is 0 Å². The Kier molecular flexibility index (Phi) is 5.05. The zero-order valence-corrected chi connectivity index (χ0v) is 13.1. The summed E-state index contributed by atoms with van der Waals surface area (Å²) in [7, 11) is 0. The van der Waals surface area contributed by atoms with E-state index in [1.807, 2.05) is 4.90 Å². The lowest BCUT2D eigenvalue weighted by Gasteiger charge is -2.33. The van der Waals surface area contributed by atoms with Gasteiger partial charge >= 0.3 is 0 Å². The molecule has 1 amide bonds. The van der Waals surface area contributed by atoms with Crippen LogP contribution in [0.25, 0.3) is 0 Å². The van der Waals surface area contributed by atoms with E-state index in [0.717, 1.165) is 19.5 Å². The van der Waals surface area contributed by atoms with Gasteiger partial charge in [0.05, 0.1) is 11.8 Å². The molecule has 1 saturated heterocycles. The fourth-order valence-electron chi connectivity index (χ4n) is 2.45. The van der Waals surface area contributed by atoms with Gasteiger partial charge in [-0.05, 0) is 55.2 Å². The Balaban J connectivity index is 2.07. The van der Waals surface area contributed by atoms with E-state index in [-0.39, 0.29) is 11.9 Å². The minimum Gasteiger partial charge on any atom is -0.457 e. The highest BCUT2D eigenvalue weighted by molar-refractivity contribution is 9.10. The van der Waals surface area contributed by atoms with Crippen LogP contribution in [-0.4, -0.2) is 36.0 Å². The van der Waals surface area contributed by atoms with Crippen molar-refractivity contribution in [2.45, 2.75) is 45.2 Å². The second-order valence-corrected chi connectivity index (χ2v) is 6.03. The molecule has 1 aliphatic heterocycles. The summed E-state index contributed by atoms with van der Waals surface area (Å²) in [6, 6.07) is 2.31. The molecular formula is C14H21BrN2O2. The number of hydrogen-bond acceptors (Lipinski definition) is 3. The molecule has 1 aromatic heterocycles. The predicted octanol–water partition coefficient (Wildman–Crippen LogP) is 3.03. The van der Waals surface area contributed by atoms with Crippen LogP contribution < -0.4 is 5.32 Å². The summed E-state index contributed by atoms with van der Waals surface area (Å²) in [5.74, 6) is 0.0306. The molecule has 2 rings (SSSR count). The van der Waals surface area contributed by atoms with Crippen molar-refractivity contribution in [2.24, 2.45) is 0 Å². The maximum Gasteiger partial charge on any atom is 0.258 e. The van der Waals surface area contributed by atoms with Gasteiger partial charge in [-0.3, -0.25) is 4.79 Å². The average molecular weight is 329 g/mol. The molecule has 1 atom stereocenters. The smallest absolute Gasteiger partial charge is 0.258 e. The molecule has 1 aliphatic rings. The molecule has 0 radical (unpaired) electrons. The third-order valence-electron chi connectivity index (χ3n) is 3.56. The molecular weight excluding hydrogens is 308 g/mol. The van der Waals surface area contributed by atoms with Crippen LogP contribution in [0.3, 0.4) is 0 Å². The summed E-state index contributed by atoms with van der Waals surface area (Å²) in [5, 5.41) is 3.49. The Morgan fingerprint density at radius 2 is 2.37 bits per heavy atom. The molecule has 1 fully saturated rings. The first-order valence-corrected chi connectivity index (χ1v) is 7.66. The van der Waals surface area contributed by atoms with Crippen LogP contribution in [0.2, 0.25) is 0 Å². The second kappa shape index (κ2) is 6.57. The van der Waals surface area contributed by atoms with Gasteiger partial charge in [0, 0.05) is 18.6 Å². The quantitative estimate of drug-likeness (QED) is 0.923. The summed E-state index contributed by atoms with van der Waals surface area (Å²) in [4.78, 5) is 14.5. The first-order valence-electron chi connectivity index (χ1n) is 6.87. The minimum absolute atomic E-state index is 0.0306. The molecule has 2 heterocycles. The predicted molar refractivity (Wildman–Crippen MR) is 78.2 cm³/mol. The molecule has 0 saturated carbocycles. The number of nitrogens with zero attached hydrogens (tertiary/aromatic N) is 1. The third-order valence-corrected chi connectivity index (χ3v) is 4.18. The van der Waals surface area contributed by atoms with Crippen LogP contribution in [0.15, 0.2) is 21.4 Å². The summed E-state index contributed by atoms with van der Waals surface area (Å²) < 4.78 is 5.67. The molecule has 1 aromatic rings. The molecule has 0 aromatic carbocycles. The van der Waals surface area contributed by atoms with Crippen molar-refractivity contribution in [3.05, 3.63) is 22.6 Å². The van der Waals surface area contributed by atoms with E-state index in [2.05, 4.69) is 35.1 Å². The van der Waals surface area contributed by atoms with E-state index < -0.39 is 0 Å². The van der Waals surface area contributed by atoms with Crippen molar-refractivity contribution < 1.29 is 9.21 Å². The van der Waals surface area contributed by atoms with Gasteiger partial charge in [-0.15, -0.1) is 0 Å². The fraction of sp³-hybridized carbons (Fsp3) is 0.643. The Morgan fingerprint density at radius 3 is 2.89 bits per heavy atom. The molecule has 0 spiro atoms. The number of rotatable bonds is 4. The van der Waals surface area contributed by atoms with Crippen LogP contribution in [0.5, 0.6) is 0 Å². The molecule has 1 N–H and O–H groups in total. The lowest BCUT2D eigenvalue weighted by molar-refractivity contribution is 0.0675. The highest BCUT2D eigenvalue weighted by atomic mass is 79.9. The van der Waals surface area contributed by atoms with Gasteiger partial charge in [0.2, 0.25) is 0 Å². The number of furan rings is 1. The van der Waals surface area contributed by atoms with Gasteiger partial charge < -0.3 is 14.6 Å². The van der Waals surface area contributed by atoms with Crippen LogP contribution >= 0.6 is 15.9 Å². The largest absolute Gasteiger partial charge is 0.457 e. The first kappa shape index (κ1) is 14.6. The molecule has 4 nitrogen and oxygen atoms in total. The van der Waals surface area contributed by atoms with E-state index in [0.29, 0.717) is 16.3 Å². The van der Waals surface area contributed by atoms with E-state index in [1.54, 1.807) is 6.07 Å². The normalized spacial score (nSPS) is 19.7. The number of nitrogens with one attached hydrogen (secondary N) is 1. The van der Waals surface area contributed by atoms with Gasteiger partial charge in [0.1, 0.15) is 0 Å². The number of amides is 1. The highest BCUT2D eigenvalue weighted by Gasteiger charge is 2.25. The number of piperidine rings is 1. The van der Waals surface area contributed by atoms with Crippen LogP contribution in [0.4, 0.5) is 0 Å². The molecule has 19 heavy (non-hydrogen) atoms. The summed E-state index contributed by atoms with van der Waals surface area (Å²) in [6.45, 7) is 5.91. The lowest BCUT2D eigenvalue weighted by Crippen LogP contribution is -2.48. The Bertz CT molecular complexity index is 425. The number of halogens is 1. The Labute approximate surface area is 122 Å². The Hall–Kier alpha value is -0.810. The molecule has 1 unspecified atom stereocenters. The zero-order chi connectivity index (χ0) is 13.8. The number of carbonyl (C=O) groups is 1. The molecule has 0 aliphatic carbocycles. The van der Waals surface area contributed by atoms with Gasteiger partial charge in [0.25, 0.3) is 5.91 Å². The lowest BCUT2D eigenvalue weighted by atomic mass is 10.0. The summed E-state index contributed by atoms with van der Waals surface area (Å²) in [6.07, 6.45) is 5.16. The maximum atomic E-state index is 12.6. The monoisotopic (exact) mass is 328 g/mol. The summed E-state index contributed by atoms with van der Waals surface area (Å²) in [5.41, 5.74) is 0.601. The van der Waals surface area contributed by atoms with Crippen molar-refractivity contribution >= 4 is 21.8 Å². The van der Waals surface area contributed by atoms with Gasteiger partial charge in [0.15, 0.2) is 4.67 Å². The van der Waals surface area contributed by atoms with E-state index in [1.165, 1.54) is 19.1 Å². The number of carbonyl (C=O) groups excluding carboxylic acids is 1. The van der Waals surface area contributed by atoms with Crippen molar-refractivity contribution in [2.75, 3.05) is 13.1 Å². The maximum absolute atomic E-state index is 12.6. The SMILES string of the molecule is CC(C)N(CC1CCCCN1)C(=O)c1ccoc1Br. The number of hydrogen-bond donors (Lipinski definition) is 1. The zero-order valence-electron chi connectivity index (χ0n) is 11.5. The molecule has 106 valence electrons. The molecule has 0 bridgehead atoms. The highest BCUT2D eigenvalue weighted by Crippen LogP contribution is 2.21.